The summed E-state index contributed by atoms with van der Waals surface area (Å²) in [5.74, 6) is -5.24. The zero-order valence-corrected chi connectivity index (χ0v) is 23.8. The van der Waals surface area contributed by atoms with E-state index in [1.807, 2.05) is 19.9 Å². The summed E-state index contributed by atoms with van der Waals surface area (Å²) in [6.45, 7) is 3.13. The molecule has 5 N–H and O–H groups in total. The molecule has 0 heterocycles. The average Bonchev–Trinajstić information content (AvgIpc) is 3.19. The summed E-state index contributed by atoms with van der Waals surface area (Å²) in [7, 11) is 0. The molecule has 42 heavy (non-hydrogen) atoms. The van der Waals surface area contributed by atoms with Crippen LogP contribution in [0.1, 0.15) is 71.6 Å². The van der Waals surface area contributed by atoms with Gasteiger partial charge in [0.25, 0.3) is 0 Å². The molecule has 230 valence electrons. The van der Waals surface area contributed by atoms with Crippen molar-refractivity contribution in [1.82, 2.24) is 5.32 Å². The van der Waals surface area contributed by atoms with Crippen molar-refractivity contribution in [3.8, 4) is 0 Å². The van der Waals surface area contributed by atoms with E-state index in [1.165, 1.54) is 0 Å². The number of fused-ring (bicyclic) bond motifs is 5. The molecule has 3 fully saturated rings. The minimum Gasteiger partial charge on any atom is -0.481 e. The van der Waals surface area contributed by atoms with Gasteiger partial charge in [0.2, 0.25) is 11.7 Å². The fraction of sp³-hybridized carbons (Fsp3) is 0.667. The van der Waals surface area contributed by atoms with Gasteiger partial charge in [-0.3, -0.25) is 24.0 Å². The molecule has 0 aromatic carbocycles. The minimum absolute atomic E-state index is 0.0202. The largest absolute Gasteiger partial charge is 0.481 e. The van der Waals surface area contributed by atoms with Gasteiger partial charge in [0.05, 0.1) is 12.5 Å². The van der Waals surface area contributed by atoms with Crippen LogP contribution in [0.4, 0.5) is 0 Å². The lowest BCUT2D eigenvalue weighted by Gasteiger charge is -2.59. The molecule has 4 rings (SSSR count). The van der Waals surface area contributed by atoms with Crippen LogP contribution in [0.5, 0.6) is 0 Å². The molecular formula is C30H39NO11. The van der Waals surface area contributed by atoms with Crippen LogP contribution in [0.2, 0.25) is 0 Å². The normalized spacial score (nSPS) is 35.6. The number of carbonyl (C=O) groups excluding carboxylic acids is 4. The van der Waals surface area contributed by atoms with Gasteiger partial charge in [0.15, 0.2) is 12.4 Å². The first-order valence-electron chi connectivity index (χ1n) is 14.4. The lowest BCUT2D eigenvalue weighted by molar-refractivity contribution is -0.181. The van der Waals surface area contributed by atoms with Crippen LogP contribution in [0.25, 0.3) is 0 Å². The Morgan fingerprint density at radius 2 is 1.81 bits per heavy atom. The molecule has 0 aromatic heterocycles. The number of rotatable bonds is 11. The maximum absolute atomic E-state index is 13.4. The molecule has 0 spiro atoms. The number of aliphatic carboxylic acids is 2. The van der Waals surface area contributed by atoms with E-state index in [0.29, 0.717) is 12.8 Å². The summed E-state index contributed by atoms with van der Waals surface area (Å²) in [6, 6.07) is -1.42. The topological polar surface area (TPSA) is 205 Å². The van der Waals surface area contributed by atoms with Crippen LogP contribution in [0.15, 0.2) is 23.8 Å². The number of carboxylic acid groups (broad SMARTS) is 2. The number of ketones is 2. The Morgan fingerprint density at radius 1 is 1.10 bits per heavy atom. The molecule has 0 saturated heterocycles. The summed E-state index contributed by atoms with van der Waals surface area (Å²) < 4.78 is 5.08. The molecule has 8 atom stereocenters. The summed E-state index contributed by atoms with van der Waals surface area (Å²) in [5, 5.41) is 43.2. The second kappa shape index (κ2) is 11.7. The summed E-state index contributed by atoms with van der Waals surface area (Å²) >= 11 is 0. The number of aliphatic hydroxyl groups is 2. The van der Waals surface area contributed by atoms with Gasteiger partial charge < -0.3 is 30.5 Å². The highest BCUT2D eigenvalue weighted by molar-refractivity contribution is 6.01. The van der Waals surface area contributed by atoms with E-state index in [4.69, 9.17) is 14.9 Å². The number of Topliss-reactive ketones (excluding diaryl/α,β-unsaturated/α-hetero) is 1. The first kappa shape index (κ1) is 31.6. The van der Waals surface area contributed by atoms with Gasteiger partial charge in [-0.25, -0.2) is 4.79 Å². The van der Waals surface area contributed by atoms with Crippen molar-refractivity contribution in [1.29, 1.82) is 0 Å². The van der Waals surface area contributed by atoms with E-state index >= 15 is 0 Å². The summed E-state index contributed by atoms with van der Waals surface area (Å²) in [5.41, 5.74) is -2.26. The number of carboxylic acids is 2. The van der Waals surface area contributed by atoms with Crippen molar-refractivity contribution >= 4 is 35.4 Å². The SMILES string of the molecule is C[C@]12C=CC(=O)C=C1CC[C@@H]1[C@@H]2[C@@H](O)C[C@@]2(C)[C@H]1CC[C@]2(O)C(=O)COC(=O)CCC(=O)N[C@H](CCC(=O)O)C(=O)O. The maximum Gasteiger partial charge on any atom is 0.326 e. The van der Waals surface area contributed by atoms with Gasteiger partial charge in [0, 0.05) is 29.6 Å². The minimum atomic E-state index is -1.82. The van der Waals surface area contributed by atoms with E-state index in [9.17, 15) is 39.0 Å². The zero-order valence-electron chi connectivity index (χ0n) is 23.8. The molecular weight excluding hydrogens is 550 g/mol. The monoisotopic (exact) mass is 589 g/mol. The molecule has 12 heteroatoms. The Kier molecular flexibility index (Phi) is 8.80. The number of hydrogen-bond donors (Lipinski definition) is 5. The number of hydrogen-bond acceptors (Lipinski definition) is 9. The second-order valence-electron chi connectivity index (χ2n) is 12.6. The van der Waals surface area contributed by atoms with Gasteiger partial charge in [-0.05, 0) is 62.5 Å². The smallest absolute Gasteiger partial charge is 0.326 e. The lowest BCUT2D eigenvalue weighted by atomic mass is 9.46. The molecule has 4 aliphatic rings. The molecule has 0 unspecified atom stereocenters. The quantitative estimate of drug-likeness (QED) is 0.217. The van der Waals surface area contributed by atoms with Crippen molar-refractivity contribution < 1.29 is 53.9 Å². The Labute approximate surface area is 243 Å². The fourth-order valence-electron chi connectivity index (χ4n) is 8.13. The van der Waals surface area contributed by atoms with E-state index in [-0.39, 0.29) is 42.8 Å². The van der Waals surface area contributed by atoms with Gasteiger partial charge in [0.1, 0.15) is 11.6 Å². The third-order valence-corrected chi connectivity index (χ3v) is 10.3. The molecule has 4 aliphatic carbocycles. The number of ether oxygens (including phenoxy) is 1. The van der Waals surface area contributed by atoms with Crippen LogP contribution < -0.4 is 5.32 Å². The fourth-order valence-corrected chi connectivity index (χ4v) is 8.13. The van der Waals surface area contributed by atoms with Crippen LogP contribution in [-0.2, 0) is 33.5 Å². The Hall–Kier alpha value is -3.38. The molecule has 0 aliphatic heterocycles. The molecule has 12 nitrogen and oxygen atoms in total. The summed E-state index contributed by atoms with van der Waals surface area (Å²) in [6.07, 6.45) is 4.91. The third-order valence-electron chi connectivity index (χ3n) is 10.3. The van der Waals surface area contributed by atoms with Crippen LogP contribution in [0.3, 0.4) is 0 Å². The van der Waals surface area contributed by atoms with Crippen molar-refractivity contribution in [2.45, 2.75) is 89.4 Å². The number of esters is 1. The van der Waals surface area contributed by atoms with Gasteiger partial charge in [-0.15, -0.1) is 0 Å². The van der Waals surface area contributed by atoms with E-state index in [2.05, 4.69) is 5.32 Å². The average molecular weight is 590 g/mol. The number of carbonyl (C=O) groups is 6. The molecule has 0 bridgehead atoms. The van der Waals surface area contributed by atoms with Crippen molar-refractivity contribution in [3.05, 3.63) is 23.8 Å². The van der Waals surface area contributed by atoms with Crippen molar-refractivity contribution in [2.24, 2.45) is 28.6 Å². The first-order valence-corrected chi connectivity index (χ1v) is 14.4. The van der Waals surface area contributed by atoms with Crippen molar-refractivity contribution in [3.63, 3.8) is 0 Å². The Balaban J connectivity index is 1.35. The van der Waals surface area contributed by atoms with Crippen LogP contribution >= 0.6 is 0 Å². The van der Waals surface area contributed by atoms with Gasteiger partial charge in [-0.2, -0.15) is 0 Å². The predicted octanol–water partition coefficient (Wildman–Crippen LogP) is 1.32. The highest BCUT2D eigenvalue weighted by Crippen LogP contribution is 2.67. The van der Waals surface area contributed by atoms with E-state index in [1.54, 1.807) is 12.2 Å². The Morgan fingerprint density at radius 3 is 2.48 bits per heavy atom. The van der Waals surface area contributed by atoms with Crippen LogP contribution in [-0.4, -0.2) is 80.2 Å². The molecule has 0 aromatic rings. The molecule has 0 radical (unpaired) electrons. The number of nitrogens with one attached hydrogen (secondary N) is 1. The highest BCUT2D eigenvalue weighted by atomic mass is 16.5. The Bertz CT molecular complexity index is 1240. The standard InChI is InChI=1S/C30H39NO11/c1-28-11-9-17(32)13-16(28)3-4-18-19-10-12-30(41,29(19,2)14-21(33)26(18)28)22(34)15-42-25(38)8-6-23(35)31-20(27(39)40)5-7-24(36)37/h9,11,13,18-21,26,33,41H,3-8,10,12,14-15H2,1-2H3,(H,31,35)(H,36,37)(H,39,40)/t18-,19-,20+,21-,26+,28-,29-,30-/m0/s1. The number of aliphatic hydroxyl groups excluding tert-OH is 1. The predicted molar refractivity (Wildman–Crippen MR) is 145 cm³/mol. The maximum atomic E-state index is 13.4. The highest BCUT2D eigenvalue weighted by Gasteiger charge is 2.68. The molecule has 3 saturated carbocycles. The third kappa shape index (κ3) is 5.66. The molecule has 1 amide bonds. The second-order valence-corrected chi connectivity index (χ2v) is 12.6. The summed E-state index contributed by atoms with van der Waals surface area (Å²) in [4.78, 5) is 71.7. The number of amides is 1. The first-order chi connectivity index (χ1) is 19.6. The lowest BCUT2D eigenvalue weighted by Crippen LogP contribution is -2.61. The van der Waals surface area contributed by atoms with E-state index < -0.39 is 84.0 Å². The van der Waals surface area contributed by atoms with Gasteiger partial charge in [-0.1, -0.05) is 25.5 Å². The zero-order chi connectivity index (χ0) is 31.0. The number of allylic oxidation sites excluding steroid dienone is 4. The van der Waals surface area contributed by atoms with Gasteiger partial charge >= 0.3 is 17.9 Å². The van der Waals surface area contributed by atoms with Crippen molar-refractivity contribution in [2.75, 3.05) is 6.61 Å². The van der Waals surface area contributed by atoms with Crippen LogP contribution in [0, 0.1) is 28.6 Å². The van der Waals surface area contributed by atoms with E-state index in [0.717, 1.165) is 12.0 Å².